The minimum Gasteiger partial charge on any atom is -0.327 e. The number of nitrogens with one attached hydrogen (secondary N) is 1. The van der Waals surface area contributed by atoms with E-state index in [0.717, 1.165) is 5.56 Å². The molecule has 3 N–H and O–H groups in total. The zero-order chi connectivity index (χ0) is 12.0. The first kappa shape index (κ1) is 12.9. The van der Waals surface area contributed by atoms with Crippen molar-refractivity contribution in [2.75, 3.05) is 13.1 Å². The van der Waals surface area contributed by atoms with Crippen molar-refractivity contribution in [1.29, 1.82) is 0 Å². The van der Waals surface area contributed by atoms with Gasteiger partial charge < -0.3 is 5.73 Å². The SMILES string of the molecule is Cc1cccc(S(=O)(=O)NC/C=C/CN)c1. The minimum absolute atomic E-state index is 0.257. The van der Waals surface area contributed by atoms with Crippen LogP contribution in [-0.2, 0) is 10.0 Å². The lowest BCUT2D eigenvalue weighted by Crippen LogP contribution is -2.23. The maximum Gasteiger partial charge on any atom is 0.240 e. The highest BCUT2D eigenvalue weighted by Gasteiger charge is 2.11. The molecule has 0 atom stereocenters. The van der Waals surface area contributed by atoms with Crippen LogP contribution in [0.4, 0.5) is 0 Å². The van der Waals surface area contributed by atoms with Crippen LogP contribution in [0.1, 0.15) is 5.56 Å². The van der Waals surface area contributed by atoms with E-state index in [1.165, 1.54) is 0 Å². The smallest absolute Gasteiger partial charge is 0.240 e. The second-order valence-corrected chi connectivity index (χ2v) is 5.14. The first-order valence-electron chi connectivity index (χ1n) is 4.97. The fraction of sp³-hybridized carbons (Fsp3) is 0.273. The first-order chi connectivity index (χ1) is 7.56. The molecule has 0 bridgehead atoms. The van der Waals surface area contributed by atoms with Gasteiger partial charge in [-0.1, -0.05) is 24.3 Å². The van der Waals surface area contributed by atoms with Crippen molar-refractivity contribution < 1.29 is 8.42 Å². The van der Waals surface area contributed by atoms with Gasteiger partial charge >= 0.3 is 0 Å². The maximum absolute atomic E-state index is 11.8. The minimum atomic E-state index is -3.41. The van der Waals surface area contributed by atoms with E-state index < -0.39 is 10.0 Å². The van der Waals surface area contributed by atoms with Gasteiger partial charge in [0.15, 0.2) is 0 Å². The lowest BCUT2D eigenvalue weighted by molar-refractivity contribution is 0.585. The molecule has 0 amide bonds. The summed E-state index contributed by atoms with van der Waals surface area (Å²) in [5.41, 5.74) is 6.16. The molecule has 5 heteroatoms. The van der Waals surface area contributed by atoms with Crippen molar-refractivity contribution in [1.82, 2.24) is 4.72 Å². The Kier molecular flexibility index (Phi) is 4.67. The third kappa shape index (κ3) is 3.77. The molecule has 0 fully saturated rings. The van der Waals surface area contributed by atoms with Gasteiger partial charge in [-0.25, -0.2) is 13.1 Å². The highest BCUT2D eigenvalue weighted by molar-refractivity contribution is 7.89. The van der Waals surface area contributed by atoms with Crippen LogP contribution >= 0.6 is 0 Å². The van der Waals surface area contributed by atoms with Crippen LogP contribution in [0.3, 0.4) is 0 Å². The molecule has 1 aromatic rings. The molecule has 1 rings (SSSR count). The van der Waals surface area contributed by atoms with Crippen LogP contribution < -0.4 is 10.5 Å². The summed E-state index contributed by atoms with van der Waals surface area (Å²) in [7, 11) is -3.41. The molecule has 0 saturated heterocycles. The zero-order valence-corrected chi connectivity index (χ0v) is 10.00. The Hall–Kier alpha value is -1.17. The van der Waals surface area contributed by atoms with Gasteiger partial charge in [0.25, 0.3) is 0 Å². The van der Waals surface area contributed by atoms with E-state index in [9.17, 15) is 8.42 Å². The molecule has 16 heavy (non-hydrogen) atoms. The predicted octanol–water partition coefficient (Wildman–Crippen LogP) is 0.788. The van der Waals surface area contributed by atoms with Crippen LogP contribution in [0, 0.1) is 6.92 Å². The summed E-state index contributed by atoms with van der Waals surface area (Å²) in [6, 6.07) is 6.78. The fourth-order valence-electron chi connectivity index (χ4n) is 1.20. The van der Waals surface area contributed by atoms with E-state index in [4.69, 9.17) is 5.73 Å². The van der Waals surface area contributed by atoms with E-state index >= 15 is 0 Å². The van der Waals surface area contributed by atoms with Gasteiger partial charge in [0, 0.05) is 13.1 Å². The fourth-order valence-corrected chi connectivity index (χ4v) is 2.28. The van der Waals surface area contributed by atoms with Gasteiger partial charge in [-0.15, -0.1) is 0 Å². The molecule has 0 aliphatic carbocycles. The maximum atomic E-state index is 11.8. The van der Waals surface area contributed by atoms with Gasteiger partial charge in [0.05, 0.1) is 4.90 Å². The standard InChI is InChI=1S/C11H16N2O2S/c1-10-5-4-6-11(9-10)16(14,15)13-8-3-2-7-12/h2-6,9,13H,7-8,12H2,1H3/b3-2+. The van der Waals surface area contributed by atoms with Crippen molar-refractivity contribution in [2.24, 2.45) is 5.73 Å². The number of benzene rings is 1. The Morgan fingerprint density at radius 1 is 1.38 bits per heavy atom. The summed E-state index contributed by atoms with van der Waals surface area (Å²) >= 11 is 0. The summed E-state index contributed by atoms with van der Waals surface area (Å²) in [5, 5.41) is 0. The summed E-state index contributed by atoms with van der Waals surface area (Å²) in [6.45, 7) is 2.52. The van der Waals surface area contributed by atoms with Crippen LogP contribution in [0.25, 0.3) is 0 Å². The average Bonchev–Trinajstić information content (AvgIpc) is 2.24. The monoisotopic (exact) mass is 240 g/mol. The van der Waals surface area contributed by atoms with Gasteiger partial charge in [0.1, 0.15) is 0 Å². The van der Waals surface area contributed by atoms with Crippen LogP contribution in [0.15, 0.2) is 41.3 Å². The lowest BCUT2D eigenvalue weighted by atomic mass is 10.2. The third-order valence-electron chi connectivity index (χ3n) is 1.99. The molecule has 0 aliphatic heterocycles. The predicted molar refractivity (Wildman–Crippen MR) is 64.6 cm³/mol. The second kappa shape index (κ2) is 5.79. The highest BCUT2D eigenvalue weighted by atomic mass is 32.2. The van der Waals surface area contributed by atoms with Gasteiger partial charge in [0.2, 0.25) is 10.0 Å². The molecule has 4 nitrogen and oxygen atoms in total. The van der Waals surface area contributed by atoms with E-state index in [-0.39, 0.29) is 11.4 Å². The number of sulfonamides is 1. The Labute approximate surface area is 96.2 Å². The van der Waals surface area contributed by atoms with Gasteiger partial charge in [-0.05, 0) is 24.6 Å². The molecule has 0 heterocycles. The lowest BCUT2D eigenvalue weighted by Gasteiger charge is -2.05. The van der Waals surface area contributed by atoms with E-state index in [1.807, 2.05) is 13.0 Å². The largest absolute Gasteiger partial charge is 0.327 e. The van der Waals surface area contributed by atoms with Crippen molar-refractivity contribution in [3.05, 3.63) is 42.0 Å². The van der Waals surface area contributed by atoms with Crippen LogP contribution in [0.2, 0.25) is 0 Å². The Bertz CT molecular complexity index is 467. The van der Waals surface area contributed by atoms with Crippen molar-refractivity contribution in [3.63, 3.8) is 0 Å². The summed E-state index contributed by atoms with van der Waals surface area (Å²) < 4.78 is 26.0. The zero-order valence-electron chi connectivity index (χ0n) is 9.18. The number of nitrogens with two attached hydrogens (primary N) is 1. The summed E-state index contributed by atoms with van der Waals surface area (Å²) in [6.07, 6.45) is 3.39. The van der Waals surface area contributed by atoms with E-state index in [1.54, 1.807) is 30.4 Å². The molecule has 0 saturated carbocycles. The molecule has 0 aliphatic rings. The Morgan fingerprint density at radius 3 is 2.75 bits per heavy atom. The Balaban J connectivity index is 2.75. The van der Waals surface area contributed by atoms with Crippen LogP contribution in [0.5, 0.6) is 0 Å². The molecule has 1 aromatic carbocycles. The first-order valence-corrected chi connectivity index (χ1v) is 6.46. The summed E-state index contributed by atoms with van der Waals surface area (Å²) in [4.78, 5) is 0.286. The van der Waals surface area contributed by atoms with Crippen molar-refractivity contribution in [2.45, 2.75) is 11.8 Å². The number of aryl methyl sites for hydroxylation is 1. The number of hydrogen-bond acceptors (Lipinski definition) is 3. The Morgan fingerprint density at radius 2 is 2.12 bits per heavy atom. The number of rotatable bonds is 5. The third-order valence-corrected chi connectivity index (χ3v) is 3.42. The number of hydrogen-bond donors (Lipinski definition) is 2. The average molecular weight is 240 g/mol. The molecule has 0 aromatic heterocycles. The van der Waals surface area contributed by atoms with Gasteiger partial charge in [-0.2, -0.15) is 0 Å². The molecule has 88 valence electrons. The van der Waals surface area contributed by atoms with Crippen molar-refractivity contribution in [3.8, 4) is 0 Å². The molecule has 0 spiro atoms. The molecule has 0 unspecified atom stereocenters. The van der Waals surface area contributed by atoms with E-state index in [0.29, 0.717) is 6.54 Å². The normalized spacial score (nSPS) is 12.1. The summed E-state index contributed by atoms with van der Waals surface area (Å²) in [5.74, 6) is 0. The quantitative estimate of drug-likeness (QED) is 0.747. The molecular formula is C11H16N2O2S. The van der Waals surface area contributed by atoms with Gasteiger partial charge in [-0.3, -0.25) is 0 Å². The van der Waals surface area contributed by atoms with E-state index in [2.05, 4.69) is 4.72 Å². The topological polar surface area (TPSA) is 72.2 Å². The highest BCUT2D eigenvalue weighted by Crippen LogP contribution is 2.10. The molecular weight excluding hydrogens is 224 g/mol. The molecule has 0 radical (unpaired) electrons. The van der Waals surface area contributed by atoms with Crippen LogP contribution in [-0.4, -0.2) is 21.5 Å². The second-order valence-electron chi connectivity index (χ2n) is 3.38. The van der Waals surface area contributed by atoms with Crippen molar-refractivity contribution >= 4 is 10.0 Å².